The first-order chi connectivity index (χ1) is 9.61. The zero-order valence-corrected chi connectivity index (χ0v) is 12.5. The highest BCUT2D eigenvalue weighted by atomic mass is 35.5. The van der Waals surface area contributed by atoms with E-state index in [2.05, 4.69) is 10.3 Å². The minimum atomic E-state index is -0.0698. The van der Waals surface area contributed by atoms with Gasteiger partial charge in [-0.2, -0.15) is 0 Å². The van der Waals surface area contributed by atoms with E-state index in [1.54, 1.807) is 30.1 Å². The summed E-state index contributed by atoms with van der Waals surface area (Å²) in [7, 11) is 1.81. The summed E-state index contributed by atoms with van der Waals surface area (Å²) in [6.07, 6.45) is 2.51. The summed E-state index contributed by atoms with van der Waals surface area (Å²) in [6.45, 7) is 3.88. The van der Waals surface area contributed by atoms with Crippen LogP contribution >= 0.6 is 11.6 Å². The Kier molecular flexibility index (Phi) is 5.23. The minimum absolute atomic E-state index is 0.0698. The molecular weight excluding hydrogens is 276 g/mol. The van der Waals surface area contributed by atoms with Gasteiger partial charge in [0, 0.05) is 25.2 Å². The van der Waals surface area contributed by atoms with Crippen LogP contribution in [0.15, 0.2) is 18.2 Å². The van der Waals surface area contributed by atoms with E-state index >= 15 is 0 Å². The van der Waals surface area contributed by atoms with Gasteiger partial charge in [-0.05, 0) is 44.1 Å². The summed E-state index contributed by atoms with van der Waals surface area (Å²) >= 11 is 5.96. The lowest BCUT2D eigenvalue weighted by molar-refractivity contribution is 0.0783. The topological polar surface area (TPSA) is 61.6 Å². The highest BCUT2D eigenvalue weighted by molar-refractivity contribution is 6.31. The Balaban J connectivity index is 2.00. The van der Waals surface area contributed by atoms with E-state index in [1.807, 2.05) is 0 Å². The largest absolute Gasteiger partial charge is 0.340 e. The first-order valence-electron chi connectivity index (χ1n) is 6.86. The van der Waals surface area contributed by atoms with Crippen molar-refractivity contribution in [3.63, 3.8) is 0 Å². The Morgan fingerprint density at radius 1 is 1.45 bits per heavy atom. The lowest BCUT2D eigenvalue weighted by Gasteiger charge is -2.22. The number of nitrogens with two attached hydrogens (primary N) is 1. The highest BCUT2D eigenvalue weighted by Crippen LogP contribution is 2.21. The van der Waals surface area contributed by atoms with Crippen molar-refractivity contribution in [2.75, 3.05) is 38.7 Å². The van der Waals surface area contributed by atoms with Crippen LogP contribution in [0.2, 0.25) is 5.02 Å². The van der Waals surface area contributed by atoms with E-state index in [9.17, 15) is 4.79 Å². The van der Waals surface area contributed by atoms with Crippen LogP contribution in [0, 0.1) is 0 Å². The zero-order chi connectivity index (χ0) is 14.5. The van der Waals surface area contributed by atoms with Crippen LogP contribution in [0.3, 0.4) is 0 Å². The number of hydrogen-bond acceptors (Lipinski definition) is 4. The number of likely N-dealkylation sites (tertiary alicyclic amines) is 1. The van der Waals surface area contributed by atoms with Gasteiger partial charge >= 0.3 is 0 Å². The predicted octanol–water partition coefficient (Wildman–Crippen LogP) is 1.79. The molecule has 0 aliphatic carbocycles. The number of likely N-dealkylation sites (N-methyl/N-ethyl adjacent to an activating group) is 1. The molecule has 1 saturated heterocycles. The standard InChI is InChI=1S/C14H21ClN4O/c1-18(8-9-19-6-2-3-7-19)14(20)12-10-11(15)4-5-13(12)17-16/h4-5,10,17H,2-3,6-9,16H2,1H3. The molecule has 1 aliphatic heterocycles. The predicted molar refractivity (Wildman–Crippen MR) is 81.9 cm³/mol. The van der Waals surface area contributed by atoms with E-state index in [0.717, 1.165) is 19.6 Å². The summed E-state index contributed by atoms with van der Waals surface area (Å²) in [5, 5.41) is 0.528. The van der Waals surface area contributed by atoms with Crippen molar-refractivity contribution in [3.05, 3.63) is 28.8 Å². The average molecular weight is 297 g/mol. The smallest absolute Gasteiger partial charge is 0.255 e. The third-order valence-corrected chi connectivity index (χ3v) is 3.90. The molecule has 0 saturated carbocycles. The average Bonchev–Trinajstić information content (AvgIpc) is 2.97. The monoisotopic (exact) mass is 296 g/mol. The maximum atomic E-state index is 12.4. The van der Waals surface area contributed by atoms with Crippen LogP contribution in [-0.4, -0.2) is 48.9 Å². The quantitative estimate of drug-likeness (QED) is 0.642. The molecule has 3 N–H and O–H groups in total. The van der Waals surface area contributed by atoms with Crippen molar-refractivity contribution in [1.29, 1.82) is 0 Å². The molecule has 1 heterocycles. The van der Waals surface area contributed by atoms with Gasteiger partial charge in [0.05, 0.1) is 11.3 Å². The number of rotatable bonds is 5. The van der Waals surface area contributed by atoms with E-state index in [-0.39, 0.29) is 5.91 Å². The van der Waals surface area contributed by atoms with Crippen molar-refractivity contribution in [1.82, 2.24) is 9.80 Å². The molecule has 5 nitrogen and oxygen atoms in total. The van der Waals surface area contributed by atoms with Crippen molar-refractivity contribution >= 4 is 23.2 Å². The van der Waals surface area contributed by atoms with E-state index in [4.69, 9.17) is 17.4 Å². The number of hydrogen-bond donors (Lipinski definition) is 2. The SMILES string of the molecule is CN(CCN1CCCC1)C(=O)c1cc(Cl)ccc1NN. The number of nitrogens with zero attached hydrogens (tertiary/aromatic N) is 2. The first-order valence-corrected chi connectivity index (χ1v) is 7.23. The molecule has 110 valence electrons. The van der Waals surface area contributed by atoms with Gasteiger partial charge in [-0.1, -0.05) is 11.6 Å². The van der Waals surface area contributed by atoms with Gasteiger partial charge in [0.25, 0.3) is 5.91 Å². The van der Waals surface area contributed by atoms with Gasteiger partial charge in [-0.15, -0.1) is 0 Å². The van der Waals surface area contributed by atoms with Gasteiger partial charge in [0.15, 0.2) is 0 Å². The number of nitrogen functional groups attached to an aromatic ring is 1. The Morgan fingerprint density at radius 3 is 2.80 bits per heavy atom. The Labute approximate surface area is 124 Å². The van der Waals surface area contributed by atoms with Gasteiger partial charge in [0.2, 0.25) is 0 Å². The summed E-state index contributed by atoms with van der Waals surface area (Å²) < 4.78 is 0. The number of benzene rings is 1. The molecule has 6 heteroatoms. The Bertz CT molecular complexity index is 474. The number of carbonyl (C=O) groups excluding carboxylic acids is 1. The van der Waals surface area contributed by atoms with Crippen LogP contribution in [-0.2, 0) is 0 Å². The summed E-state index contributed by atoms with van der Waals surface area (Å²) in [4.78, 5) is 16.5. The lowest BCUT2D eigenvalue weighted by Crippen LogP contribution is -2.35. The van der Waals surface area contributed by atoms with Crippen LogP contribution in [0.4, 0.5) is 5.69 Å². The second kappa shape index (κ2) is 6.92. The Morgan fingerprint density at radius 2 is 2.15 bits per heavy atom. The zero-order valence-electron chi connectivity index (χ0n) is 11.7. The number of nitrogens with one attached hydrogen (secondary N) is 1. The molecule has 0 unspecified atom stereocenters. The summed E-state index contributed by atoms with van der Waals surface area (Å²) in [6, 6.07) is 5.06. The molecule has 0 atom stereocenters. The maximum absolute atomic E-state index is 12.4. The molecule has 1 aromatic carbocycles. The molecule has 1 amide bonds. The fraction of sp³-hybridized carbons (Fsp3) is 0.500. The van der Waals surface area contributed by atoms with Crippen LogP contribution in [0.1, 0.15) is 23.2 Å². The second-order valence-corrected chi connectivity index (χ2v) is 5.55. The van der Waals surface area contributed by atoms with Crippen molar-refractivity contribution in [3.8, 4) is 0 Å². The molecule has 0 aromatic heterocycles. The van der Waals surface area contributed by atoms with E-state index in [1.165, 1.54) is 12.8 Å². The number of amides is 1. The fourth-order valence-corrected chi connectivity index (χ4v) is 2.60. The normalized spacial score (nSPS) is 15.3. The van der Waals surface area contributed by atoms with Gasteiger partial charge < -0.3 is 15.2 Å². The summed E-state index contributed by atoms with van der Waals surface area (Å²) in [5.74, 6) is 5.37. The van der Waals surface area contributed by atoms with Gasteiger partial charge in [-0.3, -0.25) is 10.6 Å². The number of carbonyl (C=O) groups is 1. The third-order valence-electron chi connectivity index (χ3n) is 3.66. The molecule has 2 rings (SSSR count). The Hall–Kier alpha value is -1.30. The molecule has 20 heavy (non-hydrogen) atoms. The third kappa shape index (κ3) is 3.62. The number of halogens is 1. The van der Waals surface area contributed by atoms with Gasteiger partial charge in [-0.25, -0.2) is 0 Å². The lowest BCUT2D eigenvalue weighted by atomic mass is 10.1. The molecule has 0 radical (unpaired) electrons. The highest BCUT2D eigenvalue weighted by Gasteiger charge is 2.18. The fourth-order valence-electron chi connectivity index (χ4n) is 2.42. The molecule has 1 aliphatic rings. The maximum Gasteiger partial charge on any atom is 0.255 e. The van der Waals surface area contributed by atoms with Crippen molar-refractivity contribution in [2.45, 2.75) is 12.8 Å². The molecule has 1 fully saturated rings. The second-order valence-electron chi connectivity index (χ2n) is 5.11. The minimum Gasteiger partial charge on any atom is -0.340 e. The summed E-state index contributed by atoms with van der Waals surface area (Å²) in [5.41, 5.74) is 3.63. The molecular formula is C14H21ClN4O. The molecule has 0 spiro atoms. The van der Waals surface area contributed by atoms with Gasteiger partial charge in [0.1, 0.15) is 0 Å². The van der Waals surface area contributed by atoms with Crippen LogP contribution < -0.4 is 11.3 Å². The van der Waals surface area contributed by atoms with Crippen LogP contribution in [0.5, 0.6) is 0 Å². The number of anilines is 1. The first kappa shape index (κ1) is 15.1. The molecule has 0 bridgehead atoms. The van der Waals surface area contributed by atoms with E-state index in [0.29, 0.717) is 22.8 Å². The van der Waals surface area contributed by atoms with E-state index < -0.39 is 0 Å². The van der Waals surface area contributed by atoms with Crippen LogP contribution in [0.25, 0.3) is 0 Å². The van der Waals surface area contributed by atoms with Crippen molar-refractivity contribution in [2.24, 2.45) is 5.84 Å². The molecule has 1 aromatic rings. The number of hydrazine groups is 1. The van der Waals surface area contributed by atoms with Crippen molar-refractivity contribution < 1.29 is 4.79 Å².